The molecule has 0 amide bonds. The average molecular weight is 381 g/mol. The second-order valence-corrected chi connectivity index (χ2v) is 7.60. The van der Waals surface area contributed by atoms with Gasteiger partial charge in [-0.05, 0) is 79.5 Å². The molecule has 0 aromatic carbocycles. The van der Waals surface area contributed by atoms with E-state index < -0.39 is 0 Å². The molecule has 0 aromatic heterocycles. The van der Waals surface area contributed by atoms with Crippen LogP contribution in [0.15, 0.2) is 87.8 Å². The van der Waals surface area contributed by atoms with Crippen LogP contribution < -0.4 is 5.32 Å². The van der Waals surface area contributed by atoms with Gasteiger partial charge in [0.2, 0.25) is 0 Å². The van der Waals surface area contributed by atoms with Crippen molar-refractivity contribution in [2.45, 2.75) is 74.8 Å². The zero-order valence-corrected chi connectivity index (χ0v) is 19.5. The maximum Gasteiger partial charge on any atom is 0.0857 e. The Kier molecular flexibility index (Phi) is 11.8. The Bertz CT molecular complexity index is 745. The molecule has 0 bridgehead atoms. The van der Waals surface area contributed by atoms with Crippen molar-refractivity contribution < 1.29 is 0 Å². The molecule has 0 rings (SSSR count). The minimum atomic E-state index is 0.156. The molecule has 28 heavy (non-hydrogen) atoms. The first kappa shape index (κ1) is 25.6. The number of hydrogen-bond acceptors (Lipinski definition) is 2. The Balaban J connectivity index is 5.51. The van der Waals surface area contributed by atoms with Gasteiger partial charge in [0.25, 0.3) is 0 Å². The molecule has 154 valence electrons. The molecule has 0 aromatic rings. The predicted octanol–water partition coefficient (Wildman–Crippen LogP) is 7.61. The first-order valence-electron chi connectivity index (χ1n) is 10.1. The van der Waals surface area contributed by atoms with Crippen molar-refractivity contribution in [1.82, 2.24) is 5.32 Å². The number of nitrogens with one attached hydrogen (secondary N) is 1. The third-order valence-electron chi connectivity index (χ3n) is 4.58. The lowest BCUT2D eigenvalue weighted by atomic mass is 10.0. The SMILES string of the molecule is C=C(NC(C)/C(C)=C/C=C(\C)C(=C)CC)C(C=C(C)C)=N/C(C)=C/C(C)=C\C. The van der Waals surface area contributed by atoms with E-state index in [1.807, 2.05) is 13.8 Å². The molecular weight excluding hydrogens is 340 g/mol. The highest BCUT2D eigenvalue weighted by Crippen LogP contribution is 2.13. The van der Waals surface area contributed by atoms with E-state index in [1.54, 1.807) is 0 Å². The average Bonchev–Trinajstić information content (AvgIpc) is 2.63. The minimum absolute atomic E-state index is 0.156. The Morgan fingerprint density at radius 1 is 1.00 bits per heavy atom. The van der Waals surface area contributed by atoms with Crippen LogP contribution in [0.3, 0.4) is 0 Å². The van der Waals surface area contributed by atoms with Crippen LogP contribution in [0.25, 0.3) is 0 Å². The van der Waals surface area contributed by atoms with Gasteiger partial charge in [-0.2, -0.15) is 0 Å². The number of aliphatic imine (C=N–C) groups is 1. The molecule has 0 saturated heterocycles. The van der Waals surface area contributed by atoms with E-state index in [0.29, 0.717) is 0 Å². The van der Waals surface area contributed by atoms with Crippen molar-refractivity contribution >= 4 is 5.71 Å². The second kappa shape index (κ2) is 12.9. The fraction of sp³-hybridized carbons (Fsp3) is 0.423. The molecule has 1 unspecified atom stereocenters. The predicted molar refractivity (Wildman–Crippen MR) is 129 cm³/mol. The third-order valence-corrected chi connectivity index (χ3v) is 4.58. The van der Waals surface area contributed by atoms with Crippen LogP contribution in [0.2, 0.25) is 0 Å². The van der Waals surface area contributed by atoms with Crippen LogP contribution in [-0.2, 0) is 0 Å². The zero-order valence-electron chi connectivity index (χ0n) is 19.5. The fourth-order valence-electron chi connectivity index (χ4n) is 2.34. The molecule has 0 saturated carbocycles. The summed E-state index contributed by atoms with van der Waals surface area (Å²) < 4.78 is 0. The van der Waals surface area contributed by atoms with Crippen LogP contribution in [0.4, 0.5) is 0 Å². The zero-order chi connectivity index (χ0) is 21.9. The summed E-state index contributed by atoms with van der Waals surface area (Å²) in [5, 5.41) is 3.49. The van der Waals surface area contributed by atoms with Gasteiger partial charge in [-0.15, -0.1) is 0 Å². The topological polar surface area (TPSA) is 24.4 Å². The summed E-state index contributed by atoms with van der Waals surface area (Å²) in [5.74, 6) is 0. The van der Waals surface area contributed by atoms with Gasteiger partial charge in [-0.3, -0.25) is 4.99 Å². The number of rotatable bonds is 10. The lowest BCUT2D eigenvalue weighted by molar-refractivity contribution is 0.713. The van der Waals surface area contributed by atoms with Gasteiger partial charge in [0.15, 0.2) is 0 Å². The summed E-state index contributed by atoms with van der Waals surface area (Å²) in [4.78, 5) is 4.78. The molecule has 0 aliphatic rings. The van der Waals surface area contributed by atoms with Crippen molar-refractivity contribution in [1.29, 1.82) is 0 Å². The van der Waals surface area contributed by atoms with E-state index in [1.165, 1.54) is 27.9 Å². The highest BCUT2D eigenvalue weighted by molar-refractivity contribution is 6.08. The molecule has 1 atom stereocenters. The highest BCUT2D eigenvalue weighted by Gasteiger charge is 2.09. The standard InChI is InChI=1S/C26H40N2/c1-12-19(5)17-23(9)27-26(16-18(3)4)25(11)28-24(10)22(8)15-14-21(7)20(6)13-2/h12,14-17,24,28H,6,11,13H2,1-5,7-10H3/b19-12-,21-14+,22-15+,23-17+,27-26?. The summed E-state index contributed by atoms with van der Waals surface area (Å²) in [6.07, 6.45) is 11.5. The molecule has 0 heterocycles. The summed E-state index contributed by atoms with van der Waals surface area (Å²) >= 11 is 0. The second-order valence-electron chi connectivity index (χ2n) is 7.60. The first-order chi connectivity index (χ1) is 13.0. The summed E-state index contributed by atoms with van der Waals surface area (Å²) in [6.45, 7) is 27.1. The van der Waals surface area contributed by atoms with E-state index >= 15 is 0 Å². The van der Waals surface area contributed by atoms with E-state index in [-0.39, 0.29) is 6.04 Å². The van der Waals surface area contributed by atoms with Gasteiger partial charge in [0.1, 0.15) is 0 Å². The Morgan fingerprint density at radius 3 is 2.11 bits per heavy atom. The van der Waals surface area contributed by atoms with Gasteiger partial charge >= 0.3 is 0 Å². The van der Waals surface area contributed by atoms with Crippen molar-refractivity contribution in [3.05, 3.63) is 82.8 Å². The minimum Gasteiger partial charge on any atom is -0.378 e. The molecule has 0 aliphatic heterocycles. The van der Waals surface area contributed by atoms with Crippen LogP contribution in [0, 0.1) is 0 Å². The molecule has 0 aliphatic carbocycles. The van der Waals surface area contributed by atoms with Crippen LogP contribution in [0.5, 0.6) is 0 Å². The summed E-state index contributed by atoms with van der Waals surface area (Å²) in [7, 11) is 0. The first-order valence-corrected chi connectivity index (χ1v) is 10.1. The maximum atomic E-state index is 4.78. The van der Waals surface area contributed by atoms with E-state index in [4.69, 9.17) is 4.99 Å². The summed E-state index contributed by atoms with van der Waals surface area (Å²) in [5.41, 5.74) is 8.66. The lowest BCUT2D eigenvalue weighted by Gasteiger charge is -2.18. The van der Waals surface area contributed by atoms with Crippen molar-refractivity contribution in [3.8, 4) is 0 Å². The highest BCUT2D eigenvalue weighted by atomic mass is 14.9. The van der Waals surface area contributed by atoms with Gasteiger partial charge in [-0.25, -0.2) is 0 Å². The molecule has 0 radical (unpaired) electrons. The van der Waals surface area contributed by atoms with Crippen LogP contribution in [-0.4, -0.2) is 11.8 Å². The Morgan fingerprint density at radius 2 is 1.61 bits per heavy atom. The molecular formula is C26H40N2. The van der Waals surface area contributed by atoms with E-state index in [2.05, 4.69) is 97.3 Å². The largest absolute Gasteiger partial charge is 0.378 e. The molecule has 2 nitrogen and oxygen atoms in total. The third kappa shape index (κ3) is 10.1. The Hall–Kier alpha value is -2.35. The smallest absolute Gasteiger partial charge is 0.0857 e. The van der Waals surface area contributed by atoms with E-state index in [9.17, 15) is 0 Å². The van der Waals surface area contributed by atoms with Crippen LogP contribution >= 0.6 is 0 Å². The normalized spacial score (nSPS) is 15.2. The molecule has 2 heteroatoms. The van der Waals surface area contributed by atoms with Crippen molar-refractivity contribution in [2.75, 3.05) is 0 Å². The number of hydrogen-bond donors (Lipinski definition) is 1. The van der Waals surface area contributed by atoms with Gasteiger partial charge in [0.05, 0.1) is 11.4 Å². The van der Waals surface area contributed by atoms with Gasteiger partial charge < -0.3 is 5.32 Å². The van der Waals surface area contributed by atoms with Crippen LogP contribution in [0.1, 0.15) is 68.7 Å². The quantitative estimate of drug-likeness (QED) is 0.306. The Labute approximate surface area is 173 Å². The molecule has 0 fully saturated rings. The van der Waals surface area contributed by atoms with E-state index in [0.717, 1.165) is 23.5 Å². The van der Waals surface area contributed by atoms with Gasteiger partial charge in [-0.1, -0.05) is 60.6 Å². The molecule has 0 spiro atoms. The monoisotopic (exact) mass is 380 g/mol. The lowest BCUT2D eigenvalue weighted by Crippen LogP contribution is -2.29. The maximum absolute atomic E-state index is 4.78. The number of allylic oxidation sites excluding steroid dienone is 10. The fourth-order valence-corrected chi connectivity index (χ4v) is 2.34. The summed E-state index contributed by atoms with van der Waals surface area (Å²) in [6, 6.07) is 0.156. The van der Waals surface area contributed by atoms with Gasteiger partial charge in [0, 0.05) is 11.7 Å². The molecule has 1 N–H and O–H groups in total. The number of nitrogens with zero attached hydrogens (tertiary/aromatic N) is 1. The van der Waals surface area contributed by atoms with Crippen molar-refractivity contribution in [2.24, 2.45) is 4.99 Å². The van der Waals surface area contributed by atoms with Crippen molar-refractivity contribution in [3.63, 3.8) is 0 Å².